The van der Waals surface area contributed by atoms with Crippen molar-refractivity contribution in [3.8, 4) is 11.1 Å². The summed E-state index contributed by atoms with van der Waals surface area (Å²) < 4.78 is 1.95. The Morgan fingerprint density at radius 2 is 1.79 bits per heavy atom. The lowest BCUT2D eigenvalue weighted by atomic mass is 10.1. The maximum atomic E-state index is 13.3. The molecule has 0 bridgehead atoms. The number of nitriles is 1. The van der Waals surface area contributed by atoms with Gasteiger partial charge in [-0.05, 0) is 75.6 Å². The highest BCUT2D eigenvalue weighted by Crippen LogP contribution is 2.34. The molecule has 1 aliphatic rings. The molecular formula is C25H21ClN4O3S. The van der Waals surface area contributed by atoms with Crippen molar-refractivity contribution in [1.29, 1.82) is 5.26 Å². The number of barbiturate groups is 1. The van der Waals surface area contributed by atoms with E-state index in [9.17, 15) is 19.6 Å². The van der Waals surface area contributed by atoms with E-state index in [-0.39, 0.29) is 11.3 Å². The van der Waals surface area contributed by atoms with Crippen molar-refractivity contribution in [3.63, 3.8) is 0 Å². The second kappa shape index (κ2) is 8.60. The van der Waals surface area contributed by atoms with E-state index in [0.717, 1.165) is 37.3 Å². The molecule has 0 radical (unpaired) electrons. The zero-order valence-electron chi connectivity index (χ0n) is 19.2. The fraction of sp³-hybridized carbons (Fsp3) is 0.200. The molecule has 0 spiro atoms. The summed E-state index contributed by atoms with van der Waals surface area (Å²) in [6.07, 6.45) is 1.48. The fourth-order valence-electron chi connectivity index (χ4n) is 3.91. The van der Waals surface area contributed by atoms with E-state index in [2.05, 4.69) is 11.4 Å². The first-order valence-electron chi connectivity index (χ1n) is 10.4. The van der Waals surface area contributed by atoms with Crippen LogP contribution in [-0.4, -0.2) is 22.4 Å². The summed E-state index contributed by atoms with van der Waals surface area (Å²) >= 11 is 7.70. The third kappa shape index (κ3) is 3.73. The number of nitrogens with zero attached hydrogens (tertiary/aromatic N) is 3. The highest BCUT2D eigenvalue weighted by Gasteiger charge is 2.37. The maximum absolute atomic E-state index is 13.3. The molecule has 4 amide bonds. The van der Waals surface area contributed by atoms with Crippen LogP contribution in [0.25, 0.3) is 11.1 Å². The minimum atomic E-state index is -0.833. The number of carbonyl (C=O) groups excluding carboxylic acids is 3. The summed E-state index contributed by atoms with van der Waals surface area (Å²) in [7, 11) is 0. The maximum Gasteiger partial charge on any atom is 0.335 e. The van der Waals surface area contributed by atoms with Crippen molar-refractivity contribution in [3.05, 3.63) is 73.4 Å². The van der Waals surface area contributed by atoms with E-state index in [4.69, 9.17) is 11.6 Å². The number of carbonyl (C=O) groups is 3. The molecule has 7 nitrogen and oxygen atoms in total. The van der Waals surface area contributed by atoms with Gasteiger partial charge < -0.3 is 4.57 Å². The Labute approximate surface area is 205 Å². The first-order chi connectivity index (χ1) is 16.0. The standard InChI is InChI=1S/C25H21ClN4O3S/c1-12-6-7-18(10-21(12)26)30-23(32)19(22(31)28-25(30)33)9-17-8-13(2)29(15(17)4)24-20(11-27)14(3)16(5)34-24/h6-10H,1-5H3,(H,28,31,33)/b19-9-. The van der Waals surface area contributed by atoms with Gasteiger partial charge in [0.15, 0.2) is 0 Å². The molecule has 9 heteroatoms. The summed E-state index contributed by atoms with van der Waals surface area (Å²) in [5.74, 6) is -1.51. The van der Waals surface area contributed by atoms with Crippen molar-refractivity contribution in [2.75, 3.05) is 4.90 Å². The normalized spacial score (nSPS) is 15.1. The molecule has 1 saturated heterocycles. The smallest absolute Gasteiger partial charge is 0.308 e. The summed E-state index contributed by atoms with van der Waals surface area (Å²) in [5, 5.41) is 13.1. The number of hydrogen-bond acceptors (Lipinski definition) is 5. The minimum Gasteiger partial charge on any atom is -0.308 e. The molecule has 1 aromatic carbocycles. The SMILES string of the molecule is Cc1ccc(N2C(=O)NC(=O)/C(=C/c3cc(C)n(-c4sc(C)c(C)c4C#N)c3C)C2=O)cc1Cl. The van der Waals surface area contributed by atoms with Crippen molar-refractivity contribution in [1.82, 2.24) is 9.88 Å². The van der Waals surface area contributed by atoms with Crippen LogP contribution in [0.4, 0.5) is 10.5 Å². The molecule has 3 aromatic rings. The Morgan fingerprint density at radius 1 is 1.09 bits per heavy atom. The Balaban J connectivity index is 1.80. The predicted octanol–water partition coefficient (Wildman–Crippen LogP) is 5.27. The number of imide groups is 2. The van der Waals surface area contributed by atoms with Gasteiger partial charge in [0.1, 0.15) is 16.6 Å². The van der Waals surface area contributed by atoms with Gasteiger partial charge in [-0.2, -0.15) is 5.26 Å². The number of aryl methyl sites for hydroxylation is 3. The Bertz CT molecular complexity index is 1470. The minimum absolute atomic E-state index is 0.171. The molecular weight excluding hydrogens is 472 g/mol. The molecule has 3 heterocycles. The molecule has 0 saturated carbocycles. The number of aromatic nitrogens is 1. The van der Waals surface area contributed by atoms with Crippen LogP contribution < -0.4 is 10.2 Å². The Kier molecular flexibility index (Phi) is 5.94. The average molecular weight is 493 g/mol. The molecule has 172 valence electrons. The Morgan fingerprint density at radius 3 is 2.44 bits per heavy atom. The number of hydrogen-bond donors (Lipinski definition) is 1. The number of halogens is 1. The third-order valence-electron chi connectivity index (χ3n) is 5.97. The monoisotopic (exact) mass is 492 g/mol. The second-order valence-electron chi connectivity index (χ2n) is 8.13. The summed E-state index contributed by atoms with van der Waals surface area (Å²) in [4.78, 5) is 40.3. The summed E-state index contributed by atoms with van der Waals surface area (Å²) in [6.45, 7) is 9.45. The van der Waals surface area contributed by atoms with Crippen LogP contribution in [0.5, 0.6) is 0 Å². The van der Waals surface area contributed by atoms with E-state index in [0.29, 0.717) is 16.1 Å². The summed E-state index contributed by atoms with van der Waals surface area (Å²) in [5.41, 5.74) is 4.69. The van der Waals surface area contributed by atoms with Crippen molar-refractivity contribution < 1.29 is 14.4 Å². The van der Waals surface area contributed by atoms with E-state index >= 15 is 0 Å². The Hall–Kier alpha value is -3.67. The van der Waals surface area contributed by atoms with Crippen molar-refractivity contribution >= 4 is 52.5 Å². The van der Waals surface area contributed by atoms with Gasteiger partial charge in [0.2, 0.25) is 0 Å². The predicted molar refractivity (Wildman–Crippen MR) is 132 cm³/mol. The van der Waals surface area contributed by atoms with Crippen LogP contribution in [0, 0.1) is 45.9 Å². The molecule has 1 N–H and O–H groups in total. The van der Waals surface area contributed by atoms with E-state index in [1.165, 1.54) is 23.5 Å². The molecule has 0 aliphatic carbocycles. The lowest BCUT2D eigenvalue weighted by molar-refractivity contribution is -0.122. The number of thiophene rings is 1. The molecule has 0 unspecified atom stereocenters. The number of nitrogens with one attached hydrogen (secondary N) is 1. The van der Waals surface area contributed by atoms with Crippen molar-refractivity contribution in [2.45, 2.75) is 34.6 Å². The quantitative estimate of drug-likeness (QED) is 0.398. The van der Waals surface area contributed by atoms with Crippen LogP contribution in [0.2, 0.25) is 5.02 Å². The van der Waals surface area contributed by atoms with Gasteiger partial charge >= 0.3 is 6.03 Å². The number of amides is 4. The highest BCUT2D eigenvalue weighted by atomic mass is 35.5. The van der Waals surface area contributed by atoms with Gasteiger partial charge in [-0.15, -0.1) is 11.3 Å². The molecule has 1 fully saturated rings. The molecule has 34 heavy (non-hydrogen) atoms. The van der Waals surface area contributed by atoms with Gasteiger partial charge in [-0.1, -0.05) is 17.7 Å². The van der Waals surface area contributed by atoms with Crippen LogP contribution in [0.1, 0.15) is 38.5 Å². The zero-order chi connectivity index (χ0) is 24.9. The van der Waals surface area contributed by atoms with E-state index in [1.807, 2.05) is 45.3 Å². The van der Waals surface area contributed by atoms with Gasteiger partial charge in [0.05, 0.1) is 11.3 Å². The van der Waals surface area contributed by atoms with Crippen LogP contribution in [0.3, 0.4) is 0 Å². The topological polar surface area (TPSA) is 95.2 Å². The lowest BCUT2D eigenvalue weighted by Crippen LogP contribution is -2.54. The molecule has 2 aromatic heterocycles. The third-order valence-corrected chi connectivity index (χ3v) is 7.57. The molecule has 1 aliphatic heterocycles. The van der Waals surface area contributed by atoms with Crippen LogP contribution in [-0.2, 0) is 9.59 Å². The molecule has 0 atom stereocenters. The van der Waals surface area contributed by atoms with Gasteiger partial charge in [-0.25, -0.2) is 9.69 Å². The lowest BCUT2D eigenvalue weighted by Gasteiger charge is -2.26. The first kappa shape index (κ1) is 23.5. The second-order valence-corrected chi connectivity index (χ2v) is 9.74. The number of rotatable bonds is 3. The molecule has 4 rings (SSSR count). The fourth-order valence-corrected chi connectivity index (χ4v) is 5.31. The number of urea groups is 1. The highest BCUT2D eigenvalue weighted by molar-refractivity contribution is 7.14. The number of anilines is 1. The summed E-state index contributed by atoms with van der Waals surface area (Å²) in [6, 6.07) is 8.10. The largest absolute Gasteiger partial charge is 0.335 e. The van der Waals surface area contributed by atoms with Gasteiger partial charge in [0, 0.05) is 21.3 Å². The van der Waals surface area contributed by atoms with E-state index < -0.39 is 17.8 Å². The zero-order valence-corrected chi connectivity index (χ0v) is 20.8. The van der Waals surface area contributed by atoms with Crippen molar-refractivity contribution in [2.24, 2.45) is 0 Å². The average Bonchev–Trinajstić information content (AvgIpc) is 3.21. The van der Waals surface area contributed by atoms with Gasteiger partial charge in [-0.3, -0.25) is 14.9 Å². The van der Waals surface area contributed by atoms with Crippen LogP contribution >= 0.6 is 22.9 Å². The van der Waals surface area contributed by atoms with Gasteiger partial charge in [0.25, 0.3) is 11.8 Å². The number of benzene rings is 1. The van der Waals surface area contributed by atoms with E-state index in [1.54, 1.807) is 12.1 Å². The van der Waals surface area contributed by atoms with Crippen LogP contribution in [0.15, 0.2) is 29.8 Å². The first-order valence-corrected chi connectivity index (χ1v) is 11.6.